The first-order chi connectivity index (χ1) is 17.4. The number of rotatable bonds is 4. The van der Waals surface area contributed by atoms with Gasteiger partial charge >= 0.3 is 6.03 Å². The van der Waals surface area contributed by atoms with E-state index in [9.17, 15) is 14.4 Å². The molecule has 3 aliphatic heterocycles. The lowest BCUT2D eigenvalue weighted by Crippen LogP contribution is -2.44. The van der Waals surface area contributed by atoms with Crippen LogP contribution in [0.25, 0.3) is 11.0 Å². The molecule has 0 aliphatic carbocycles. The number of likely N-dealkylation sites (tertiary alicyclic amines) is 1. The van der Waals surface area contributed by atoms with E-state index in [0.29, 0.717) is 42.6 Å². The summed E-state index contributed by atoms with van der Waals surface area (Å²) in [7, 11) is 0. The fourth-order valence-electron chi connectivity index (χ4n) is 5.26. The molecule has 2 aromatic carbocycles. The van der Waals surface area contributed by atoms with Crippen LogP contribution in [-0.2, 0) is 15.1 Å². The van der Waals surface area contributed by atoms with Gasteiger partial charge in [-0.15, -0.1) is 0 Å². The summed E-state index contributed by atoms with van der Waals surface area (Å²) >= 11 is 0. The molecule has 3 aliphatic rings. The van der Waals surface area contributed by atoms with Crippen molar-refractivity contribution >= 4 is 28.8 Å². The summed E-state index contributed by atoms with van der Waals surface area (Å²) in [5.41, 5.74) is 0.199. The molecule has 2 saturated heterocycles. The largest absolute Gasteiger partial charge is 0.490 e. The number of furan rings is 1. The maximum absolute atomic E-state index is 13.4. The van der Waals surface area contributed by atoms with Crippen LogP contribution in [0.15, 0.2) is 52.9 Å². The Morgan fingerprint density at radius 1 is 1.06 bits per heavy atom. The van der Waals surface area contributed by atoms with Gasteiger partial charge in [-0.05, 0) is 49.6 Å². The second-order valence-corrected chi connectivity index (χ2v) is 9.60. The van der Waals surface area contributed by atoms with Crippen molar-refractivity contribution in [2.75, 3.05) is 26.3 Å². The molecule has 1 aromatic heterocycles. The summed E-state index contributed by atoms with van der Waals surface area (Å²) in [6.45, 7) is 3.02. The van der Waals surface area contributed by atoms with Crippen LogP contribution >= 0.6 is 0 Å². The van der Waals surface area contributed by atoms with Crippen LogP contribution < -0.4 is 14.8 Å². The van der Waals surface area contributed by atoms with Gasteiger partial charge in [0.1, 0.15) is 17.9 Å². The van der Waals surface area contributed by atoms with Crippen molar-refractivity contribution in [3.05, 3.63) is 59.9 Å². The monoisotopic (exact) mass is 489 g/mol. The van der Waals surface area contributed by atoms with Gasteiger partial charge in [0, 0.05) is 18.4 Å². The lowest BCUT2D eigenvalue weighted by molar-refractivity contribution is -0.139. The summed E-state index contributed by atoms with van der Waals surface area (Å²) in [5, 5.41) is 3.56. The van der Waals surface area contributed by atoms with Crippen molar-refractivity contribution in [3.63, 3.8) is 0 Å². The minimum atomic E-state index is -1.38. The number of carbonyl (C=O) groups is 3. The number of carbonyl (C=O) groups excluding carboxylic acids is 3. The van der Waals surface area contributed by atoms with Crippen LogP contribution in [0.3, 0.4) is 0 Å². The maximum atomic E-state index is 13.4. The number of nitrogens with one attached hydrogen (secondary N) is 1. The number of nitrogens with zero attached hydrogens (tertiary/aromatic N) is 2. The Bertz CT molecular complexity index is 1330. The average Bonchev–Trinajstić information content (AvgIpc) is 3.54. The fourth-order valence-corrected chi connectivity index (χ4v) is 5.26. The van der Waals surface area contributed by atoms with Crippen LogP contribution in [0, 0.1) is 0 Å². The van der Waals surface area contributed by atoms with Crippen molar-refractivity contribution in [1.82, 2.24) is 15.1 Å². The Hall–Kier alpha value is -4.01. The first-order valence-corrected chi connectivity index (χ1v) is 12.3. The highest BCUT2D eigenvalue weighted by molar-refractivity contribution is 6.09. The standard InChI is InChI=1S/C27H27N3O6/c1-27(23-15-18-6-2-3-8-20(18)36-23)25(32)30(26(33)28-27)16-24(31)29-11-4-7-19(29)17-9-10-21-22(14-17)35-13-5-12-34-21/h2-3,6,8-10,14-15,19H,4-5,7,11-13,16H2,1H3,(H,28,33)/t19-,27+/m0/s1. The number of para-hydroxylation sites is 1. The van der Waals surface area contributed by atoms with E-state index in [1.54, 1.807) is 24.0 Å². The number of hydrogen-bond donors (Lipinski definition) is 1. The van der Waals surface area contributed by atoms with Crippen LogP contribution in [0.4, 0.5) is 4.79 Å². The Kier molecular flexibility index (Phi) is 5.35. The van der Waals surface area contributed by atoms with E-state index < -0.39 is 17.5 Å². The third-order valence-corrected chi connectivity index (χ3v) is 7.22. The van der Waals surface area contributed by atoms with E-state index >= 15 is 0 Å². The van der Waals surface area contributed by atoms with Crippen molar-refractivity contribution in [2.45, 2.75) is 37.8 Å². The number of amides is 4. The van der Waals surface area contributed by atoms with Gasteiger partial charge in [0.15, 0.2) is 17.0 Å². The minimum absolute atomic E-state index is 0.155. The van der Waals surface area contributed by atoms with Gasteiger partial charge in [0.2, 0.25) is 5.91 Å². The molecule has 1 N–H and O–H groups in total. The zero-order chi connectivity index (χ0) is 24.9. The van der Waals surface area contributed by atoms with Gasteiger partial charge in [-0.2, -0.15) is 0 Å². The van der Waals surface area contributed by atoms with Gasteiger partial charge in [0.25, 0.3) is 5.91 Å². The first kappa shape index (κ1) is 22.5. The number of benzene rings is 2. The molecule has 0 unspecified atom stereocenters. The van der Waals surface area contributed by atoms with E-state index in [0.717, 1.165) is 35.1 Å². The van der Waals surface area contributed by atoms with Crippen LogP contribution in [0.5, 0.6) is 11.5 Å². The number of fused-ring (bicyclic) bond motifs is 2. The van der Waals surface area contributed by atoms with Crippen molar-refractivity contribution < 1.29 is 28.3 Å². The van der Waals surface area contributed by atoms with Crippen molar-refractivity contribution in [2.24, 2.45) is 0 Å². The summed E-state index contributed by atoms with van der Waals surface area (Å²) < 4.78 is 17.4. The summed E-state index contributed by atoms with van der Waals surface area (Å²) in [6.07, 6.45) is 2.45. The fraction of sp³-hybridized carbons (Fsp3) is 0.370. The predicted molar refractivity (Wildman–Crippen MR) is 130 cm³/mol. The predicted octanol–water partition coefficient (Wildman–Crippen LogP) is 3.72. The molecule has 0 radical (unpaired) electrons. The minimum Gasteiger partial charge on any atom is -0.490 e. The van der Waals surface area contributed by atoms with Gasteiger partial charge in [-0.3, -0.25) is 14.5 Å². The molecule has 0 saturated carbocycles. The molecule has 186 valence electrons. The molecule has 6 rings (SSSR count). The molecule has 36 heavy (non-hydrogen) atoms. The number of ether oxygens (including phenoxy) is 2. The topological polar surface area (TPSA) is 101 Å². The molecule has 0 bridgehead atoms. The SMILES string of the molecule is C[C@]1(c2cc3ccccc3o2)NC(=O)N(CC(=O)N2CCC[C@H]2c2ccc3c(c2)OCCCO3)C1=O. The van der Waals surface area contributed by atoms with Gasteiger partial charge < -0.3 is 24.1 Å². The molecule has 3 aromatic rings. The van der Waals surface area contributed by atoms with Crippen LogP contribution in [-0.4, -0.2) is 53.9 Å². The Balaban J connectivity index is 1.21. The summed E-state index contributed by atoms with van der Waals surface area (Å²) in [4.78, 5) is 42.3. The second-order valence-electron chi connectivity index (χ2n) is 9.60. The number of hydrogen-bond acceptors (Lipinski definition) is 6. The molecule has 9 heteroatoms. The molecule has 0 spiro atoms. The first-order valence-electron chi connectivity index (χ1n) is 12.3. The number of urea groups is 1. The third-order valence-electron chi connectivity index (χ3n) is 7.22. The van der Waals surface area contributed by atoms with Crippen molar-refractivity contribution in [3.8, 4) is 11.5 Å². The zero-order valence-electron chi connectivity index (χ0n) is 20.0. The Morgan fingerprint density at radius 3 is 2.69 bits per heavy atom. The molecular weight excluding hydrogens is 462 g/mol. The maximum Gasteiger partial charge on any atom is 0.325 e. The smallest absolute Gasteiger partial charge is 0.325 e. The molecule has 9 nitrogen and oxygen atoms in total. The highest BCUT2D eigenvalue weighted by atomic mass is 16.5. The van der Waals surface area contributed by atoms with Crippen LogP contribution in [0.1, 0.15) is 43.6 Å². The van der Waals surface area contributed by atoms with Gasteiger partial charge in [0.05, 0.1) is 19.3 Å². The molecular formula is C27H27N3O6. The highest BCUT2D eigenvalue weighted by Crippen LogP contribution is 2.38. The normalized spacial score (nSPS) is 23.8. The van der Waals surface area contributed by atoms with Crippen LogP contribution in [0.2, 0.25) is 0 Å². The molecule has 4 amide bonds. The molecule has 2 atom stereocenters. The lowest BCUT2D eigenvalue weighted by Gasteiger charge is -2.27. The number of imide groups is 1. The van der Waals surface area contributed by atoms with E-state index in [4.69, 9.17) is 13.9 Å². The molecule has 2 fully saturated rings. The third kappa shape index (κ3) is 3.66. The van der Waals surface area contributed by atoms with E-state index in [1.165, 1.54) is 0 Å². The lowest BCUT2D eigenvalue weighted by atomic mass is 9.99. The Morgan fingerprint density at radius 2 is 1.86 bits per heavy atom. The van der Waals surface area contributed by atoms with Gasteiger partial charge in [-0.1, -0.05) is 24.3 Å². The van der Waals surface area contributed by atoms with E-state index in [-0.39, 0.29) is 18.5 Å². The van der Waals surface area contributed by atoms with E-state index in [1.807, 2.05) is 36.4 Å². The second kappa shape index (κ2) is 8.58. The summed E-state index contributed by atoms with van der Waals surface area (Å²) in [6, 6.07) is 14.2. The highest BCUT2D eigenvalue weighted by Gasteiger charge is 2.52. The average molecular weight is 490 g/mol. The summed E-state index contributed by atoms with van der Waals surface area (Å²) in [5.74, 6) is 0.938. The van der Waals surface area contributed by atoms with E-state index in [2.05, 4.69) is 5.32 Å². The quantitative estimate of drug-likeness (QED) is 0.561. The Labute approximate surface area is 207 Å². The van der Waals surface area contributed by atoms with Crippen molar-refractivity contribution in [1.29, 1.82) is 0 Å². The molecule has 4 heterocycles. The van der Waals surface area contributed by atoms with Gasteiger partial charge in [-0.25, -0.2) is 4.79 Å². The zero-order valence-corrected chi connectivity index (χ0v) is 20.0.